The molecule has 7 heteroatoms. The van der Waals surface area contributed by atoms with Gasteiger partial charge in [0.25, 0.3) is 5.91 Å². The van der Waals surface area contributed by atoms with E-state index in [0.29, 0.717) is 23.7 Å². The SMILES string of the molecule is CCCN(CC1CC1)C(=O)COC(=O)c1ccc(NC(=O)CC#N)cc1. The Balaban J connectivity index is 1.83. The molecule has 0 atom stereocenters. The van der Waals surface area contributed by atoms with Crippen LogP contribution in [0.1, 0.15) is 43.0 Å². The van der Waals surface area contributed by atoms with E-state index in [1.807, 2.05) is 6.92 Å². The fourth-order valence-corrected chi connectivity index (χ4v) is 2.47. The van der Waals surface area contributed by atoms with E-state index in [1.165, 1.54) is 12.1 Å². The van der Waals surface area contributed by atoms with E-state index in [1.54, 1.807) is 23.1 Å². The van der Waals surface area contributed by atoms with Crippen LogP contribution in [0.25, 0.3) is 0 Å². The molecule has 7 nitrogen and oxygen atoms in total. The maximum absolute atomic E-state index is 12.2. The summed E-state index contributed by atoms with van der Waals surface area (Å²) in [6.45, 7) is 3.15. The summed E-state index contributed by atoms with van der Waals surface area (Å²) in [7, 11) is 0. The molecule has 0 bridgehead atoms. The van der Waals surface area contributed by atoms with E-state index < -0.39 is 11.9 Å². The highest BCUT2D eigenvalue weighted by molar-refractivity contribution is 5.94. The number of nitrogens with one attached hydrogen (secondary N) is 1. The summed E-state index contributed by atoms with van der Waals surface area (Å²) in [5.74, 6) is -0.589. The van der Waals surface area contributed by atoms with Crippen molar-refractivity contribution >= 4 is 23.5 Å². The average Bonchev–Trinajstić information content (AvgIpc) is 3.44. The van der Waals surface area contributed by atoms with Crippen molar-refractivity contribution in [2.75, 3.05) is 25.0 Å². The molecular formula is C19H23N3O4. The van der Waals surface area contributed by atoms with Crippen LogP contribution >= 0.6 is 0 Å². The Labute approximate surface area is 152 Å². The summed E-state index contributed by atoms with van der Waals surface area (Å²) in [4.78, 5) is 37.4. The van der Waals surface area contributed by atoms with Crippen LogP contribution in [-0.2, 0) is 14.3 Å². The van der Waals surface area contributed by atoms with E-state index >= 15 is 0 Å². The van der Waals surface area contributed by atoms with Gasteiger partial charge in [-0.2, -0.15) is 5.26 Å². The Morgan fingerprint density at radius 1 is 1.27 bits per heavy atom. The van der Waals surface area contributed by atoms with Crippen molar-refractivity contribution in [2.45, 2.75) is 32.6 Å². The number of esters is 1. The van der Waals surface area contributed by atoms with Crippen molar-refractivity contribution in [3.8, 4) is 6.07 Å². The van der Waals surface area contributed by atoms with Crippen LogP contribution in [0.4, 0.5) is 5.69 Å². The number of carbonyl (C=O) groups is 3. The predicted molar refractivity (Wildman–Crippen MR) is 95.2 cm³/mol. The Morgan fingerprint density at radius 3 is 2.54 bits per heavy atom. The zero-order valence-corrected chi connectivity index (χ0v) is 14.9. The molecule has 1 aromatic carbocycles. The Hall–Kier alpha value is -2.88. The highest BCUT2D eigenvalue weighted by Gasteiger charge is 2.26. The zero-order chi connectivity index (χ0) is 18.9. The van der Waals surface area contributed by atoms with E-state index in [0.717, 1.165) is 25.8 Å². The molecule has 1 fully saturated rings. The van der Waals surface area contributed by atoms with Crippen molar-refractivity contribution in [1.82, 2.24) is 4.90 Å². The number of hydrogen-bond donors (Lipinski definition) is 1. The maximum atomic E-state index is 12.2. The van der Waals surface area contributed by atoms with Crippen LogP contribution in [0.3, 0.4) is 0 Å². The summed E-state index contributed by atoms with van der Waals surface area (Å²) >= 11 is 0. The van der Waals surface area contributed by atoms with Crippen molar-refractivity contribution in [1.29, 1.82) is 5.26 Å². The molecule has 0 spiro atoms. The largest absolute Gasteiger partial charge is 0.452 e. The number of benzene rings is 1. The van der Waals surface area contributed by atoms with Crippen molar-refractivity contribution in [3.63, 3.8) is 0 Å². The standard InChI is InChI=1S/C19H23N3O4/c1-2-11-22(12-14-3-4-14)18(24)13-26-19(25)15-5-7-16(8-6-15)21-17(23)9-10-20/h5-8,14H,2-4,9,11-13H2,1H3,(H,21,23). The maximum Gasteiger partial charge on any atom is 0.338 e. The fourth-order valence-electron chi connectivity index (χ4n) is 2.47. The van der Waals surface area contributed by atoms with Crippen molar-refractivity contribution in [3.05, 3.63) is 29.8 Å². The van der Waals surface area contributed by atoms with Gasteiger partial charge in [0, 0.05) is 18.8 Å². The summed E-state index contributed by atoms with van der Waals surface area (Å²) < 4.78 is 5.12. The number of nitriles is 1. The first-order valence-electron chi connectivity index (χ1n) is 8.75. The van der Waals surface area contributed by atoms with Gasteiger partial charge in [-0.1, -0.05) is 6.92 Å². The Kier molecular flexibility index (Phi) is 7.15. The molecule has 0 unspecified atom stereocenters. The number of rotatable bonds is 9. The fraction of sp³-hybridized carbons (Fsp3) is 0.474. The number of anilines is 1. The lowest BCUT2D eigenvalue weighted by Crippen LogP contribution is -2.36. The lowest BCUT2D eigenvalue weighted by atomic mass is 10.2. The molecule has 2 amide bonds. The van der Waals surface area contributed by atoms with E-state index in [4.69, 9.17) is 10.00 Å². The number of nitrogens with zero attached hydrogens (tertiary/aromatic N) is 2. The summed E-state index contributed by atoms with van der Waals surface area (Å²) in [6, 6.07) is 7.85. The second-order valence-electron chi connectivity index (χ2n) is 6.32. The topological polar surface area (TPSA) is 99.5 Å². The van der Waals surface area contributed by atoms with Crippen LogP contribution < -0.4 is 5.32 Å². The normalized spacial score (nSPS) is 12.8. The highest BCUT2D eigenvalue weighted by Crippen LogP contribution is 2.29. The third-order valence-corrected chi connectivity index (χ3v) is 3.99. The highest BCUT2D eigenvalue weighted by atomic mass is 16.5. The number of ether oxygens (including phenoxy) is 1. The molecule has 1 aromatic rings. The van der Waals surface area contributed by atoms with Gasteiger partial charge in [-0.15, -0.1) is 0 Å². The van der Waals surface area contributed by atoms with Gasteiger partial charge in [0.05, 0.1) is 11.6 Å². The van der Waals surface area contributed by atoms with Crippen molar-refractivity contribution < 1.29 is 19.1 Å². The molecule has 2 rings (SSSR count). The van der Waals surface area contributed by atoms with Gasteiger partial charge >= 0.3 is 5.97 Å². The Morgan fingerprint density at radius 2 is 1.96 bits per heavy atom. The molecule has 0 heterocycles. The molecule has 1 saturated carbocycles. The number of hydrogen-bond acceptors (Lipinski definition) is 5. The second kappa shape index (κ2) is 9.56. The van der Waals surface area contributed by atoms with Gasteiger partial charge in [-0.05, 0) is 49.4 Å². The van der Waals surface area contributed by atoms with Gasteiger partial charge in [0.15, 0.2) is 6.61 Å². The minimum absolute atomic E-state index is 0.174. The zero-order valence-electron chi connectivity index (χ0n) is 14.9. The molecule has 1 aliphatic carbocycles. The van der Waals surface area contributed by atoms with Crippen LogP contribution in [0.15, 0.2) is 24.3 Å². The number of carbonyl (C=O) groups excluding carboxylic acids is 3. The molecule has 26 heavy (non-hydrogen) atoms. The molecule has 1 aliphatic rings. The Bertz CT molecular complexity index is 690. The molecule has 0 aromatic heterocycles. The lowest BCUT2D eigenvalue weighted by molar-refractivity contribution is -0.134. The molecule has 1 N–H and O–H groups in total. The summed E-state index contributed by atoms with van der Waals surface area (Å²) in [5.41, 5.74) is 0.775. The van der Waals surface area contributed by atoms with Gasteiger partial charge in [0.1, 0.15) is 6.42 Å². The third-order valence-electron chi connectivity index (χ3n) is 3.99. The van der Waals surface area contributed by atoms with E-state index in [9.17, 15) is 14.4 Å². The van der Waals surface area contributed by atoms with E-state index in [-0.39, 0.29) is 18.9 Å². The van der Waals surface area contributed by atoms with Gasteiger partial charge in [-0.3, -0.25) is 9.59 Å². The predicted octanol–water partition coefficient (Wildman–Crippen LogP) is 2.34. The summed E-state index contributed by atoms with van der Waals surface area (Å²) in [5, 5.41) is 11.0. The van der Waals surface area contributed by atoms with Gasteiger partial charge in [0.2, 0.25) is 5.91 Å². The van der Waals surface area contributed by atoms with Crippen LogP contribution in [0.2, 0.25) is 0 Å². The molecular weight excluding hydrogens is 334 g/mol. The molecule has 0 radical (unpaired) electrons. The van der Waals surface area contributed by atoms with Crippen LogP contribution in [0.5, 0.6) is 0 Å². The van der Waals surface area contributed by atoms with Gasteiger partial charge < -0.3 is 15.0 Å². The first kappa shape index (κ1) is 19.4. The third kappa shape index (κ3) is 6.20. The minimum atomic E-state index is -0.587. The first-order valence-corrected chi connectivity index (χ1v) is 8.75. The van der Waals surface area contributed by atoms with Crippen molar-refractivity contribution in [2.24, 2.45) is 5.92 Å². The quantitative estimate of drug-likeness (QED) is 0.684. The van der Waals surface area contributed by atoms with Crippen LogP contribution in [-0.4, -0.2) is 42.4 Å². The summed E-state index contributed by atoms with van der Waals surface area (Å²) in [6.07, 6.45) is 2.95. The average molecular weight is 357 g/mol. The van der Waals surface area contributed by atoms with E-state index in [2.05, 4.69) is 5.32 Å². The van der Waals surface area contributed by atoms with Gasteiger partial charge in [-0.25, -0.2) is 4.79 Å². The second-order valence-corrected chi connectivity index (χ2v) is 6.32. The molecule has 0 saturated heterocycles. The first-order chi connectivity index (χ1) is 12.5. The lowest BCUT2D eigenvalue weighted by Gasteiger charge is -2.21. The minimum Gasteiger partial charge on any atom is -0.452 e. The number of amides is 2. The van der Waals surface area contributed by atoms with Crippen LogP contribution in [0, 0.1) is 17.2 Å². The molecule has 0 aliphatic heterocycles. The molecule has 138 valence electrons. The monoisotopic (exact) mass is 357 g/mol. The smallest absolute Gasteiger partial charge is 0.338 e.